The second kappa shape index (κ2) is 7.47. The SMILES string of the molecule is C.COc1cc2c3c(c4nccc(O)c4c2cc1OC)[C@@H](O)[C@@H]1CCCC1(S(=O)(=O)O)C3. The van der Waals surface area contributed by atoms with Gasteiger partial charge in [0, 0.05) is 17.7 Å². The Bertz CT molecular complexity index is 1340. The van der Waals surface area contributed by atoms with Gasteiger partial charge < -0.3 is 19.7 Å². The third kappa shape index (κ3) is 2.81. The van der Waals surface area contributed by atoms with E-state index in [2.05, 4.69) is 4.98 Å². The van der Waals surface area contributed by atoms with Crippen molar-refractivity contribution in [2.45, 2.75) is 44.0 Å². The summed E-state index contributed by atoms with van der Waals surface area (Å²) < 4.78 is 44.8. The first-order valence-corrected chi connectivity index (χ1v) is 11.5. The summed E-state index contributed by atoms with van der Waals surface area (Å²) >= 11 is 0. The number of rotatable bonds is 3. The molecule has 1 fully saturated rings. The molecule has 0 aliphatic heterocycles. The maximum absolute atomic E-state index is 12.6. The van der Waals surface area contributed by atoms with Gasteiger partial charge in [-0.15, -0.1) is 0 Å². The third-order valence-electron chi connectivity index (χ3n) is 7.08. The van der Waals surface area contributed by atoms with Crippen LogP contribution in [0.5, 0.6) is 17.2 Å². The molecular formula is C23H27NO7S. The molecule has 0 spiro atoms. The van der Waals surface area contributed by atoms with Crippen LogP contribution in [0.4, 0.5) is 0 Å². The van der Waals surface area contributed by atoms with Gasteiger partial charge in [0.25, 0.3) is 10.1 Å². The number of aliphatic hydroxyl groups is 1. The Morgan fingerprint density at radius 1 is 1.16 bits per heavy atom. The molecule has 1 saturated carbocycles. The summed E-state index contributed by atoms with van der Waals surface area (Å²) in [4.78, 5) is 4.45. The summed E-state index contributed by atoms with van der Waals surface area (Å²) in [7, 11) is -1.44. The molecule has 0 radical (unpaired) electrons. The van der Waals surface area contributed by atoms with E-state index in [1.807, 2.05) is 0 Å². The number of aromatic nitrogens is 1. The molecule has 0 bridgehead atoms. The van der Waals surface area contributed by atoms with Crippen molar-refractivity contribution in [3.05, 3.63) is 35.5 Å². The van der Waals surface area contributed by atoms with Gasteiger partial charge in [-0.25, -0.2) is 0 Å². The van der Waals surface area contributed by atoms with Crippen molar-refractivity contribution in [1.82, 2.24) is 4.98 Å². The van der Waals surface area contributed by atoms with Crippen LogP contribution in [0.2, 0.25) is 0 Å². The molecule has 2 aromatic carbocycles. The van der Waals surface area contributed by atoms with Gasteiger partial charge in [-0.05, 0) is 53.8 Å². The van der Waals surface area contributed by atoms with Gasteiger partial charge in [0.2, 0.25) is 0 Å². The number of hydrogen-bond acceptors (Lipinski definition) is 7. The summed E-state index contributed by atoms with van der Waals surface area (Å²) in [6.45, 7) is 0. The van der Waals surface area contributed by atoms with Gasteiger partial charge in [-0.2, -0.15) is 8.42 Å². The van der Waals surface area contributed by atoms with Crippen molar-refractivity contribution in [2.24, 2.45) is 5.92 Å². The molecule has 3 aromatic rings. The Kier molecular flexibility index (Phi) is 5.27. The van der Waals surface area contributed by atoms with Crippen molar-refractivity contribution in [3.8, 4) is 17.2 Å². The number of nitrogens with zero attached hydrogens (tertiary/aromatic N) is 1. The molecule has 3 N–H and O–H groups in total. The Balaban J connectivity index is 0.00000245. The van der Waals surface area contributed by atoms with E-state index in [1.165, 1.54) is 26.5 Å². The zero-order valence-electron chi connectivity index (χ0n) is 17.1. The fourth-order valence-corrected chi connectivity index (χ4v) is 7.06. The number of aromatic hydroxyl groups is 1. The first-order chi connectivity index (χ1) is 14.7. The highest BCUT2D eigenvalue weighted by Crippen LogP contribution is 2.57. The summed E-state index contributed by atoms with van der Waals surface area (Å²) in [6, 6.07) is 4.90. The Morgan fingerprint density at radius 3 is 2.44 bits per heavy atom. The van der Waals surface area contributed by atoms with Crippen LogP contribution in [0, 0.1) is 5.92 Å². The quantitative estimate of drug-likeness (QED) is 0.398. The fourth-order valence-electron chi connectivity index (χ4n) is 5.70. The maximum Gasteiger partial charge on any atom is 0.271 e. The zero-order chi connectivity index (χ0) is 22.1. The summed E-state index contributed by atoms with van der Waals surface area (Å²) in [5.41, 5.74) is 1.50. The Hall–Kier alpha value is -2.62. The van der Waals surface area contributed by atoms with E-state index in [4.69, 9.17) is 9.47 Å². The number of aliphatic hydroxyl groups excluding tert-OH is 1. The maximum atomic E-state index is 12.6. The third-order valence-corrected chi connectivity index (χ3v) is 8.76. The summed E-state index contributed by atoms with van der Waals surface area (Å²) in [6.07, 6.45) is 1.68. The van der Waals surface area contributed by atoms with Crippen LogP contribution in [0.25, 0.3) is 21.7 Å². The van der Waals surface area contributed by atoms with Gasteiger partial charge >= 0.3 is 0 Å². The number of pyridine rings is 1. The van der Waals surface area contributed by atoms with Crippen molar-refractivity contribution in [1.29, 1.82) is 0 Å². The number of hydrogen-bond donors (Lipinski definition) is 3. The van der Waals surface area contributed by atoms with Crippen molar-refractivity contribution in [2.75, 3.05) is 14.2 Å². The van der Waals surface area contributed by atoms with Crippen LogP contribution >= 0.6 is 0 Å². The van der Waals surface area contributed by atoms with Crippen LogP contribution in [0.3, 0.4) is 0 Å². The standard InChI is InChI=1S/C22H23NO7S.CH4/c1-29-16-8-11-12(9-17(16)30-2)18-15(24)5-7-23-20(18)19-13(11)10-22(31(26,27)28)6-3-4-14(22)21(19)25;/h5,7-9,14,21,25H,3-4,6,10H2,1-2H3,(H,23,24)(H,26,27,28);1H4/t14-,21-,22?;/m0./s1. The Labute approximate surface area is 186 Å². The van der Waals surface area contributed by atoms with Crippen LogP contribution in [-0.2, 0) is 16.5 Å². The van der Waals surface area contributed by atoms with E-state index in [1.54, 1.807) is 12.1 Å². The van der Waals surface area contributed by atoms with E-state index in [-0.39, 0.29) is 26.0 Å². The molecule has 1 heterocycles. The molecule has 5 rings (SSSR count). The first kappa shape index (κ1) is 22.6. The number of fused-ring (bicyclic) bond motifs is 7. The highest BCUT2D eigenvalue weighted by molar-refractivity contribution is 7.87. The molecule has 2 aliphatic rings. The monoisotopic (exact) mass is 461 g/mol. The lowest BCUT2D eigenvalue weighted by atomic mass is 9.72. The number of ether oxygens (including phenoxy) is 2. The molecule has 1 unspecified atom stereocenters. The van der Waals surface area contributed by atoms with Crippen molar-refractivity contribution < 1.29 is 32.7 Å². The van der Waals surface area contributed by atoms with Crippen LogP contribution in [0.1, 0.15) is 43.9 Å². The van der Waals surface area contributed by atoms with Crippen molar-refractivity contribution in [3.63, 3.8) is 0 Å². The minimum absolute atomic E-state index is 0. The summed E-state index contributed by atoms with van der Waals surface area (Å²) in [5, 5.41) is 23.7. The van der Waals surface area contributed by atoms with Gasteiger partial charge in [-0.1, -0.05) is 13.8 Å². The molecular weight excluding hydrogens is 434 g/mol. The number of methoxy groups -OCH3 is 2. The van der Waals surface area contributed by atoms with Crippen LogP contribution in [-0.4, -0.2) is 47.1 Å². The lowest BCUT2D eigenvalue weighted by molar-refractivity contribution is 0.0812. The van der Waals surface area contributed by atoms with Crippen molar-refractivity contribution >= 4 is 31.8 Å². The fraction of sp³-hybridized carbons (Fsp3) is 0.435. The smallest absolute Gasteiger partial charge is 0.271 e. The molecule has 8 nitrogen and oxygen atoms in total. The molecule has 0 saturated heterocycles. The Morgan fingerprint density at radius 2 is 1.81 bits per heavy atom. The minimum atomic E-state index is -4.44. The van der Waals surface area contributed by atoms with Gasteiger partial charge in [0.15, 0.2) is 11.5 Å². The predicted octanol–water partition coefficient (Wildman–Crippen LogP) is 3.76. The van der Waals surface area contributed by atoms with E-state index in [0.717, 1.165) is 0 Å². The van der Waals surface area contributed by atoms with Gasteiger partial charge in [-0.3, -0.25) is 9.54 Å². The van der Waals surface area contributed by atoms with E-state index in [9.17, 15) is 23.2 Å². The van der Waals surface area contributed by atoms with Crippen LogP contribution < -0.4 is 9.47 Å². The highest BCUT2D eigenvalue weighted by atomic mass is 32.2. The molecule has 32 heavy (non-hydrogen) atoms. The zero-order valence-corrected chi connectivity index (χ0v) is 17.9. The van der Waals surface area contributed by atoms with E-state index in [0.29, 0.717) is 57.1 Å². The topological polar surface area (TPSA) is 126 Å². The van der Waals surface area contributed by atoms with Gasteiger partial charge in [0.05, 0.1) is 31.2 Å². The normalized spacial score (nSPS) is 24.6. The van der Waals surface area contributed by atoms with E-state index >= 15 is 0 Å². The van der Waals surface area contributed by atoms with Crippen LogP contribution in [0.15, 0.2) is 24.4 Å². The van der Waals surface area contributed by atoms with Gasteiger partial charge in [0.1, 0.15) is 10.5 Å². The molecule has 172 valence electrons. The number of benzene rings is 2. The second-order valence-electron chi connectivity index (χ2n) is 8.36. The molecule has 9 heteroatoms. The second-order valence-corrected chi connectivity index (χ2v) is 10.1. The highest BCUT2D eigenvalue weighted by Gasteiger charge is 2.58. The first-order valence-electron chi connectivity index (χ1n) is 10.1. The lowest BCUT2D eigenvalue weighted by Gasteiger charge is -2.41. The summed E-state index contributed by atoms with van der Waals surface area (Å²) in [5.74, 6) is 0.221. The molecule has 2 aliphatic carbocycles. The predicted molar refractivity (Wildman–Crippen MR) is 121 cm³/mol. The lowest BCUT2D eigenvalue weighted by Crippen LogP contribution is -2.49. The largest absolute Gasteiger partial charge is 0.507 e. The minimum Gasteiger partial charge on any atom is -0.507 e. The average Bonchev–Trinajstić information content (AvgIpc) is 3.18. The average molecular weight is 462 g/mol. The molecule has 1 aromatic heterocycles. The molecule has 3 atom stereocenters. The van der Waals surface area contributed by atoms with E-state index < -0.39 is 26.9 Å². The molecule has 0 amide bonds.